The van der Waals surface area contributed by atoms with Crippen LogP contribution in [-0.4, -0.2) is 7.05 Å². The molecule has 2 rings (SSSR count). The number of nitrogens with one attached hydrogen (secondary N) is 1. The van der Waals surface area contributed by atoms with E-state index in [4.69, 9.17) is 11.6 Å². The van der Waals surface area contributed by atoms with Gasteiger partial charge in [-0.15, -0.1) is 0 Å². The number of hydrogen-bond donors (Lipinski definition) is 1. The lowest BCUT2D eigenvalue weighted by atomic mass is 9.99. The Morgan fingerprint density at radius 1 is 1.20 bits per heavy atom. The highest BCUT2D eigenvalue weighted by Crippen LogP contribution is 2.29. The Morgan fingerprint density at radius 3 is 2.45 bits per heavy atom. The zero-order chi connectivity index (χ0) is 14.7. The molecular weight excluding hydrogens is 408 g/mol. The van der Waals surface area contributed by atoms with Gasteiger partial charge in [0.05, 0.1) is 5.02 Å². The van der Waals surface area contributed by atoms with E-state index in [1.165, 1.54) is 6.07 Å². The molecule has 106 valence electrons. The molecule has 1 atom stereocenters. The first kappa shape index (κ1) is 16.0. The minimum Gasteiger partial charge on any atom is -0.313 e. The van der Waals surface area contributed by atoms with Crippen LogP contribution in [0.4, 0.5) is 4.39 Å². The molecule has 0 heterocycles. The molecule has 0 amide bonds. The summed E-state index contributed by atoms with van der Waals surface area (Å²) in [4.78, 5) is 0. The highest BCUT2D eigenvalue weighted by atomic mass is 79.9. The van der Waals surface area contributed by atoms with Gasteiger partial charge in [0, 0.05) is 15.0 Å². The largest absolute Gasteiger partial charge is 0.313 e. The van der Waals surface area contributed by atoms with Crippen LogP contribution in [0.3, 0.4) is 0 Å². The normalized spacial score (nSPS) is 12.4. The van der Waals surface area contributed by atoms with E-state index in [1.54, 1.807) is 6.07 Å². The highest BCUT2D eigenvalue weighted by Gasteiger charge is 2.15. The van der Waals surface area contributed by atoms with Crippen molar-refractivity contribution in [3.63, 3.8) is 0 Å². The quantitative estimate of drug-likeness (QED) is 0.687. The van der Waals surface area contributed by atoms with Gasteiger partial charge < -0.3 is 5.32 Å². The number of likely N-dealkylation sites (N-methyl/N-ethyl adjacent to an activating group) is 1. The Balaban J connectivity index is 2.31. The third-order valence-corrected chi connectivity index (χ3v) is 4.43. The minimum atomic E-state index is -0.380. The average molecular weight is 422 g/mol. The third kappa shape index (κ3) is 3.82. The van der Waals surface area contributed by atoms with Gasteiger partial charge in [-0.1, -0.05) is 55.6 Å². The maximum atomic E-state index is 13.5. The Kier molecular flexibility index (Phi) is 5.61. The molecule has 0 saturated heterocycles. The van der Waals surface area contributed by atoms with E-state index in [-0.39, 0.29) is 16.9 Å². The van der Waals surface area contributed by atoms with Crippen LogP contribution in [0, 0.1) is 5.82 Å². The summed E-state index contributed by atoms with van der Waals surface area (Å²) in [6.07, 6.45) is 0.621. The van der Waals surface area contributed by atoms with Crippen LogP contribution in [0.2, 0.25) is 5.02 Å². The van der Waals surface area contributed by atoms with Crippen molar-refractivity contribution in [1.82, 2.24) is 5.32 Å². The van der Waals surface area contributed by atoms with Crippen molar-refractivity contribution in [2.45, 2.75) is 12.5 Å². The molecule has 1 N–H and O–H groups in total. The molecule has 0 spiro atoms. The molecule has 20 heavy (non-hydrogen) atoms. The van der Waals surface area contributed by atoms with Crippen molar-refractivity contribution in [1.29, 1.82) is 0 Å². The summed E-state index contributed by atoms with van der Waals surface area (Å²) in [6, 6.07) is 11.0. The lowest BCUT2D eigenvalue weighted by Gasteiger charge is -2.18. The fourth-order valence-electron chi connectivity index (χ4n) is 2.09. The fraction of sp³-hybridized carbons (Fsp3) is 0.200. The molecule has 0 radical (unpaired) electrons. The van der Waals surface area contributed by atoms with E-state index in [2.05, 4.69) is 37.2 Å². The molecule has 0 aromatic heterocycles. The standard InChI is InChI=1S/C15H13Br2ClFN/c1-20-14(10-5-11(16)8-12(17)6-10)7-9-3-2-4-13(19)15(9)18/h2-6,8,14,20H,7H2,1H3. The fourth-order valence-corrected chi connectivity index (χ4v) is 3.62. The molecule has 0 aliphatic carbocycles. The van der Waals surface area contributed by atoms with E-state index >= 15 is 0 Å². The predicted octanol–water partition coefficient (Wildman–Crippen LogP) is 5.51. The van der Waals surface area contributed by atoms with Gasteiger partial charge in [-0.2, -0.15) is 0 Å². The summed E-state index contributed by atoms with van der Waals surface area (Å²) in [5.74, 6) is -0.380. The molecule has 1 nitrogen and oxygen atoms in total. The van der Waals surface area contributed by atoms with Crippen molar-refractivity contribution in [3.8, 4) is 0 Å². The molecule has 0 aliphatic rings. The van der Waals surface area contributed by atoms with E-state index in [0.717, 1.165) is 20.1 Å². The number of hydrogen-bond acceptors (Lipinski definition) is 1. The van der Waals surface area contributed by atoms with E-state index in [9.17, 15) is 4.39 Å². The number of benzene rings is 2. The molecule has 2 aromatic carbocycles. The summed E-state index contributed by atoms with van der Waals surface area (Å²) in [5.41, 5.74) is 1.90. The highest BCUT2D eigenvalue weighted by molar-refractivity contribution is 9.11. The van der Waals surface area contributed by atoms with Gasteiger partial charge >= 0.3 is 0 Å². The Labute approximate surface area is 139 Å². The topological polar surface area (TPSA) is 12.0 Å². The van der Waals surface area contributed by atoms with Gasteiger partial charge in [0.2, 0.25) is 0 Å². The maximum absolute atomic E-state index is 13.5. The van der Waals surface area contributed by atoms with Gasteiger partial charge in [0.15, 0.2) is 0 Å². The molecule has 0 bridgehead atoms. The second-order valence-corrected chi connectivity index (χ2v) is 6.67. The lowest BCUT2D eigenvalue weighted by molar-refractivity contribution is 0.584. The van der Waals surface area contributed by atoms with Gasteiger partial charge in [0.1, 0.15) is 5.82 Å². The first-order valence-corrected chi connectivity index (χ1v) is 8.04. The third-order valence-electron chi connectivity index (χ3n) is 3.09. The van der Waals surface area contributed by atoms with Crippen molar-refractivity contribution in [3.05, 3.63) is 67.3 Å². The van der Waals surface area contributed by atoms with Crippen LogP contribution in [0.5, 0.6) is 0 Å². The Bertz CT molecular complexity index is 599. The lowest BCUT2D eigenvalue weighted by Crippen LogP contribution is -2.19. The van der Waals surface area contributed by atoms with Gasteiger partial charge in [-0.05, 0) is 48.9 Å². The summed E-state index contributed by atoms with van der Waals surface area (Å²) >= 11 is 13.0. The molecule has 0 fully saturated rings. The van der Waals surface area contributed by atoms with E-state index < -0.39 is 0 Å². The zero-order valence-electron chi connectivity index (χ0n) is 10.8. The number of halogens is 4. The van der Waals surface area contributed by atoms with Crippen LogP contribution in [0.1, 0.15) is 17.2 Å². The second-order valence-electron chi connectivity index (χ2n) is 4.46. The van der Waals surface area contributed by atoms with Crippen molar-refractivity contribution in [2.24, 2.45) is 0 Å². The van der Waals surface area contributed by atoms with E-state index in [0.29, 0.717) is 6.42 Å². The first-order chi connectivity index (χ1) is 9.51. The molecule has 0 saturated carbocycles. The first-order valence-electron chi connectivity index (χ1n) is 6.07. The predicted molar refractivity (Wildman–Crippen MR) is 88.8 cm³/mol. The van der Waals surface area contributed by atoms with Gasteiger partial charge in [-0.3, -0.25) is 0 Å². The monoisotopic (exact) mass is 419 g/mol. The Hall–Kier alpha value is -0.420. The smallest absolute Gasteiger partial charge is 0.142 e. The SMILES string of the molecule is CNC(Cc1cccc(F)c1Cl)c1cc(Br)cc(Br)c1. The van der Waals surface area contributed by atoms with Crippen molar-refractivity contribution >= 4 is 43.5 Å². The summed E-state index contributed by atoms with van der Waals surface area (Å²) in [5, 5.41) is 3.44. The molecule has 0 aliphatic heterocycles. The molecule has 1 unspecified atom stereocenters. The van der Waals surface area contributed by atoms with Crippen LogP contribution < -0.4 is 5.32 Å². The van der Waals surface area contributed by atoms with E-state index in [1.807, 2.05) is 31.3 Å². The Morgan fingerprint density at radius 2 is 1.85 bits per heavy atom. The maximum Gasteiger partial charge on any atom is 0.142 e. The molecular formula is C15H13Br2ClFN. The average Bonchev–Trinajstić information content (AvgIpc) is 2.39. The molecule has 5 heteroatoms. The van der Waals surface area contributed by atoms with Crippen molar-refractivity contribution < 1.29 is 4.39 Å². The summed E-state index contributed by atoms with van der Waals surface area (Å²) < 4.78 is 15.5. The summed E-state index contributed by atoms with van der Waals surface area (Å²) in [6.45, 7) is 0. The van der Waals surface area contributed by atoms with Crippen molar-refractivity contribution in [2.75, 3.05) is 7.05 Å². The summed E-state index contributed by atoms with van der Waals surface area (Å²) in [7, 11) is 1.88. The van der Waals surface area contributed by atoms with Crippen LogP contribution in [-0.2, 0) is 6.42 Å². The molecule has 2 aromatic rings. The second kappa shape index (κ2) is 7.03. The minimum absolute atomic E-state index is 0.0584. The van der Waals surface area contributed by atoms with Crippen LogP contribution >= 0.6 is 43.5 Å². The van der Waals surface area contributed by atoms with Gasteiger partial charge in [0.25, 0.3) is 0 Å². The van der Waals surface area contributed by atoms with Crippen LogP contribution in [0.15, 0.2) is 45.3 Å². The zero-order valence-corrected chi connectivity index (χ0v) is 14.7. The van der Waals surface area contributed by atoms with Crippen LogP contribution in [0.25, 0.3) is 0 Å². The van der Waals surface area contributed by atoms with Gasteiger partial charge in [-0.25, -0.2) is 4.39 Å². The number of rotatable bonds is 4.